The van der Waals surface area contributed by atoms with Crippen molar-refractivity contribution in [1.29, 1.82) is 0 Å². The molecule has 0 unspecified atom stereocenters. The quantitative estimate of drug-likeness (QED) is 0.396. The van der Waals surface area contributed by atoms with Crippen LogP contribution in [-0.2, 0) is 9.47 Å². The molecule has 154 valence electrons. The Hall–Kier alpha value is -2.08. The largest absolute Gasteiger partial charge is 0.378 e. The minimum atomic E-state index is 0.205. The van der Waals surface area contributed by atoms with Crippen LogP contribution in [-0.4, -0.2) is 70.6 Å². The third-order valence-corrected chi connectivity index (χ3v) is 5.56. The molecule has 2 fully saturated rings. The fourth-order valence-electron chi connectivity index (χ4n) is 3.06. The standard InChI is InChI=1S/C18H23N7O2S2/c28-17(21-12-13-3-1-8-27-13)24-16-22-14(25-6-9-26-10-7-25)11-15(23-16)29-18-19-4-2-5-20-18/h2,4-5,11,13H,1,3,6-10,12H2,(H2,21,22,23,24,28)/t13-/m1/s1. The van der Waals surface area contributed by atoms with Crippen molar-refractivity contribution >= 4 is 40.9 Å². The van der Waals surface area contributed by atoms with Gasteiger partial charge in [0.2, 0.25) is 5.95 Å². The number of aromatic nitrogens is 4. The summed E-state index contributed by atoms with van der Waals surface area (Å²) >= 11 is 6.81. The van der Waals surface area contributed by atoms with E-state index in [4.69, 9.17) is 21.7 Å². The van der Waals surface area contributed by atoms with Gasteiger partial charge in [-0.05, 0) is 42.9 Å². The van der Waals surface area contributed by atoms with E-state index >= 15 is 0 Å². The number of nitrogens with zero attached hydrogens (tertiary/aromatic N) is 5. The fraction of sp³-hybridized carbons (Fsp3) is 0.500. The SMILES string of the molecule is S=C(NC[C@H]1CCCO1)Nc1nc(Sc2ncccn2)cc(N2CCOCC2)n1. The first-order chi connectivity index (χ1) is 14.3. The molecular formula is C18H23N7O2S2. The third kappa shape index (κ3) is 5.95. The third-order valence-electron chi connectivity index (χ3n) is 4.50. The van der Waals surface area contributed by atoms with Crippen LogP contribution in [0.1, 0.15) is 12.8 Å². The molecule has 0 amide bonds. The molecule has 2 aliphatic heterocycles. The van der Waals surface area contributed by atoms with E-state index in [2.05, 4.69) is 35.5 Å². The van der Waals surface area contributed by atoms with E-state index < -0.39 is 0 Å². The second kappa shape index (κ2) is 10.1. The molecule has 0 spiro atoms. The number of hydrogen-bond donors (Lipinski definition) is 2. The van der Waals surface area contributed by atoms with Crippen LogP contribution in [0.15, 0.2) is 34.7 Å². The summed E-state index contributed by atoms with van der Waals surface area (Å²) in [6.45, 7) is 4.42. The minimum absolute atomic E-state index is 0.205. The Labute approximate surface area is 179 Å². The van der Waals surface area contributed by atoms with Crippen molar-refractivity contribution in [2.45, 2.75) is 29.1 Å². The summed E-state index contributed by atoms with van der Waals surface area (Å²) in [6, 6.07) is 3.73. The van der Waals surface area contributed by atoms with Crippen molar-refractivity contribution in [3.63, 3.8) is 0 Å². The van der Waals surface area contributed by atoms with Gasteiger partial charge in [0.05, 0.1) is 19.3 Å². The van der Waals surface area contributed by atoms with Crippen LogP contribution >= 0.6 is 24.0 Å². The molecule has 0 aromatic carbocycles. The molecule has 2 N–H and O–H groups in total. The Bertz CT molecular complexity index is 815. The van der Waals surface area contributed by atoms with E-state index in [1.165, 1.54) is 11.8 Å². The van der Waals surface area contributed by atoms with Crippen molar-refractivity contribution < 1.29 is 9.47 Å². The lowest BCUT2D eigenvalue weighted by Gasteiger charge is -2.28. The van der Waals surface area contributed by atoms with Gasteiger partial charge in [-0.25, -0.2) is 15.0 Å². The highest BCUT2D eigenvalue weighted by molar-refractivity contribution is 7.99. The summed E-state index contributed by atoms with van der Waals surface area (Å²) in [4.78, 5) is 19.9. The lowest BCUT2D eigenvalue weighted by Crippen LogP contribution is -2.37. The van der Waals surface area contributed by atoms with Crippen LogP contribution < -0.4 is 15.5 Å². The van der Waals surface area contributed by atoms with E-state index in [0.29, 0.717) is 36.0 Å². The Morgan fingerprint density at radius 2 is 2.03 bits per heavy atom. The van der Waals surface area contributed by atoms with Crippen LogP contribution in [0, 0.1) is 0 Å². The van der Waals surface area contributed by atoms with Gasteiger partial charge in [-0.3, -0.25) is 0 Å². The Balaban J connectivity index is 1.47. The number of hydrogen-bond acceptors (Lipinski definition) is 9. The highest BCUT2D eigenvalue weighted by Gasteiger charge is 2.18. The summed E-state index contributed by atoms with van der Waals surface area (Å²) < 4.78 is 11.1. The molecule has 4 heterocycles. The lowest BCUT2D eigenvalue weighted by atomic mass is 10.2. The van der Waals surface area contributed by atoms with Crippen molar-refractivity contribution in [1.82, 2.24) is 25.3 Å². The van der Waals surface area contributed by atoms with Crippen molar-refractivity contribution in [3.05, 3.63) is 24.5 Å². The van der Waals surface area contributed by atoms with Gasteiger partial charge >= 0.3 is 0 Å². The van der Waals surface area contributed by atoms with Gasteiger partial charge in [0.25, 0.3) is 0 Å². The highest BCUT2D eigenvalue weighted by atomic mass is 32.2. The maximum Gasteiger partial charge on any atom is 0.232 e. The van der Waals surface area contributed by atoms with Crippen LogP contribution in [0.3, 0.4) is 0 Å². The topological polar surface area (TPSA) is 97.3 Å². The molecule has 29 heavy (non-hydrogen) atoms. The first-order valence-corrected chi connectivity index (χ1v) is 10.8. The molecule has 0 aliphatic carbocycles. The first kappa shape index (κ1) is 20.2. The zero-order chi connectivity index (χ0) is 19.9. The molecule has 2 aromatic heterocycles. The lowest BCUT2D eigenvalue weighted by molar-refractivity contribution is 0.114. The molecular weight excluding hydrogens is 410 g/mol. The first-order valence-electron chi connectivity index (χ1n) is 9.59. The number of thiocarbonyl (C=S) groups is 1. The van der Waals surface area contributed by atoms with Gasteiger partial charge in [0.15, 0.2) is 10.3 Å². The maximum atomic E-state index is 5.62. The molecule has 4 rings (SSSR count). The van der Waals surface area contributed by atoms with E-state index in [9.17, 15) is 0 Å². The van der Waals surface area contributed by atoms with Gasteiger partial charge in [-0.15, -0.1) is 0 Å². The molecule has 2 saturated heterocycles. The summed E-state index contributed by atoms with van der Waals surface area (Å²) in [7, 11) is 0. The normalized spacial score (nSPS) is 19.2. The zero-order valence-electron chi connectivity index (χ0n) is 15.9. The van der Waals surface area contributed by atoms with E-state index in [1.54, 1.807) is 18.5 Å². The number of anilines is 2. The predicted octanol–water partition coefficient (Wildman–Crippen LogP) is 1.72. The van der Waals surface area contributed by atoms with Crippen molar-refractivity contribution in [2.24, 2.45) is 0 Å². The van der Waals surface area contributed by atoms with Crippen LogP contribution in [0.25, 0.3) is 0 Å². The molecule has 0 radical (unpaired) electrons. The maximum absolute atomic E-state index is 5.62. The molecule has 2 aliphatic rings. The highest BCUT2D eigenvalue weighted by Crippen LogP contribution is 2.27. The van der Waals surface area contributed by atoms with Crippen LogP contribution in [0.4, 0.5) is 11.8 Å². The summed E-state index contributed by atoms with van der Waals surface area (Å²) in [6.07, 6.45) is 5.78. The van der Waals surface area contributed by atoms with Crippen molar-refractivity contribution in [2.75, 3.05) is 49.7 Å². The van der Waals surface area contributed by atoms with Gasteiger partial charge in [0.1, 0.15) is 10.8 Å². The molecule has 0 bridgehead atoms. The molecule has 2 aromatic rings. The Morgan fingerprint density at radius 3 is 2.79 bits per heavy atom. The number of ether oxygens (including phenoxy) is 2. The average molecular weight is 434 g/mol. The average Bonchev–Trinajstić information content (AvgIpc) is 3.27. The minimum Gasteiger partial charge on any atom is -0.378 e. The number of morpholine rings is 1. The second-order valence-corrected chi connectivity index (χ2v) is 7.99. The van der Waals surface area contributed by atoms with E-state index in [0.717, 1.165) is 43.4 Å². The van der Waals surface area contributed by atoms with Crippen LogP contribution in [0.5, 0.6) is 0 Å². The molecule has 11 heteroatoms. The second-order valence-electron chi connectivity index (χ2n) is 6.59. The Morgan fingerprint density at radius 1 is 1.21 bits per heavy atom. The Kier molecular flexibility index (Phi) is 7.04. The van der Waals surface area contributed by atoms with Crippen LogP contribution in [0.2, 0.25) is 0 Å². The predicted molar refractivity (Wildman–Crippen MR) is 114 cm³/mol. The van der Waals surface area contributed by atoms with Crippen molar-refractivity contribution in [3.8, 4) is 0 Å². The zero-order valence-corrected chi connectivity index (χ0v) is 17.5. The summed E-state index contributed by atoms with van der Waals surface area (Å²) in [5, 5.41) is 8.15. The van der Waals surface area contributed by atoms with E-state index in [1.807, 2.05) is 6.07 Å². The molecule has 1 atom stereocenters. The van der Waals surface area contributed by atoms with Gasteiger partial charge in [-0.2, -0.15) is 4.98 Å². The number of rotatable bonds is 6. The van der Waals surface area contributed by atoms with E-state index in [-0.39, 0.29) is 6.10 Å². The molecule has 9 nitrogen and oxygen atoms in total. The summed E-state index contributed by atoms with van der Waals surface area (Å²) in [5.74, 6) is 1.27. The monoisotopic (exact) mass is 433 g/mol. The summed E-state index contributed by atoms with van der Waals surface area (Å²) in [5.41, 5.74) is 0. The van der Waals surface area contributed by atoms with Gasteiger partial charge in [0, 0.05) is 44.7 Å². The molecule has 0 saturated carbocycles. The fourth-order valence-corrected chi connectivity index (χ4v) is 3.95. The van der Waals surface area contributed by atoms with Gasteiger partial charge < -0.3 is 25.0 Å². The van der Waals surface area contributed by atoms with Gasteiger partial charge in [-0.1, -0.05) is 0 Å². The number of nitrogens with one attached hydrogen (secondary N) is 2. The smallest absolute Gasteiger partial charge is 0.232 e.